The Kier molecular flexibility index (Phi) is 5.41. The third-order valence-electron chi connectivity index (χ3n) is 4.12. The van der Waals surface area contributed by atoms with E-state index >= 15 is 0 Å². The quantitative estimate of drug-likeness (QED) is 0.585. The summed E-state index contributed by atoms with van der Waals surface area (Å²) in [5.41, 5.74) is 5.95. The maximum Gasteiger partial charge on any atom is 0.0873 e. The highest BCUT2D eigenvalue weighted by molar-refractivity contribution is 5.92. The zero-order valence-electron chi connectivity index (χ0n) is 13.5. The Morgan fingerprint density at radius 3 is 2.52 bits per heavy atom. The Balaban J connectivity index is 0.00000192. The van der Waals surface area contributed by atoms with Crippen molar-refractivity contribution in [3.05, 3.63) is 77.8 Å². The van der Waals surface area contributed by atoms with Crippen LogP contribution in [0.1, 0.15) is 22.5 Å². The van der Waals surface area contributed by atoms with E-state index in [1.165, 1.54) is 27.7 Å². The average molecular weight is 325 g/mol. The molecule has 1 aromatic carbocycles. The van der Waals surface area contributed by atoms with Crippen molar-refractivity contribution < 1.29 is 0 Å². The first kappa shape index (κ1) is 17.0. The van der Waals surface area contributed by atoms with Crippen molar-refractivity contribution in [1.29, 1.82) is 0 Å². The predicted molar refractivity (Wildman–Crippen MR) is 102 cm³/mol. The number of aromatic nitrogens is 2. The molecule has 0 saturated heterocycles. The molecule has 2 heterocycles. The fraction of sp³-hybridized carbons (Fsp3) is 0.150. The largest absolute Gasteiger partial charge is 0.339 e. The maximum atomic E-state index is 4.58. The summed E-state index contributed by atoms with van der Waals surface area (Å²) >= 11 is 0. The van der Waals surface area contributed by atoms with Gasteiger partial charge in [-0.15, -0.1) is 19.0 Å². The molecule has 0 radical (unpaired) electrons. The highest BCUT2D eigenvalue weighted by Gasteiger charge is 2.12. The van der Waals surface area contributed by atoms with Gasteiger partial charge in [-0.2, -0.15) is 0 Å². The minimum atomic E-state index is 0. The Hall–Kier alpha value is -2.32. The molecule has 0 unspecified atom stereocenters. The lowest BCUT2D eigenvalue weighted by Crippen LogP contribution is -1.99. The lowest BCUT2D eigenvalue weighted by Gasteiger charge is -2.06. The van der Waals surface area contributed by atoms with E-state index in [9.17, 15) is 0 Å². The zero-order chi connectivity index (χ0) is 15.5. The highest BCUT2D eigenvalue weighted by Crippen LogP contribution is 2.27. The van der Waals surface area contributed by atoms with Crippen molar-refractivity contribution >= 4 is 35.5 Å². The summed E-state index contributed by atoms with van der Waals surface area (Å²) in [7, 11) is 0. The molecule has 23 heavy (non-hydrogen) atoms. The summed E-state index contributed by atoms with van der Waals surface area (Å²) in [5, 5.41) is 1.27. The van der Waals surface area contributed by atoms with E-state index in [1.54, 1.807) is 0 Å². The van der Waals surface area contributed by atoms with Crippen LogP contribution in [0.3, 0.4) is 0 Å². The van der Waals surface area contributed by atoms with Crippen LogP contribution in [0.2, 0.25) is 0 Å². The van der Waals surface area contributed by atoms with Crippen molar-refractivity contribution in [3.63, 3.8) is 0 Å². The van der Waals surface area contributed by atoms with E-state index in [-0.39, 0.29) is 12.4 Å². The number of allylic oxidation sites excluding steroid dienone is 1. The van der Waals surface area contributed by atoms with Crippen LogP contribution in [0, 0.1) is 13.8 Å². The highest BCUT2D eigenvalue weighted by atomic mass is 35.5. The Bertz CT molecular complexity index is 845. The lowest BCUT2D eigenvalue weighted by molar-refractivity contribution is 0.822. The molecule has 0 aliphatic heterocycles. The number of hydrogen-bond donors (Lipinski definition) is 0. The van der Waals surface area contributed by atoms with Crippen LogP contribution in [0.15, 0.2) is 55.3 Å². The van der Waals surface area contributed by atoms with Gasteiger partial charge < -0.3 is 4.57 Å². The SMILES string of the molecule is C=CCn1c(C)c(C)c2ccnc(/C=C/c3ccccc3)c21.Cl. The van der Waals surface area contributed by atoms with Crippen LogP contribution in [-0.2, 0) is 6.54 Å². The monoisotopic (exact) mass is 324 g/mol. The van der Waals surface area contributed by atoms with E-state index in [0.717, 1.165) is 12.2 Å². The van der Waals surface area contributed by atoms with Crippen LogP contribution < -0.4 is 0 Å². The molecule has 0 bridgehead atoms. The Labute approximate surface area is 143 Å². The summed E-state index contributed by atoms with van der Waals surface area (Å²) in [4.78, 5) is 4.58. The molecule has 0 fully saturated rings. The molecule has 0 N–H and O–H groups in total. The van der Waals surface area contributed by atoms with E-state index in [2.05, 4.69) is 60.3 Å². The van der Waals surface area contributed by atoms with Gasteiger partial charge in [-0.05, 0) is 37.1 Å². The van der Waals surface area contributed by atoms with Crippen molar-refractivity contribution in [2.75, 3.05) is 0 Å². The van der Waals surface area contributed by atoms with Gasteiger partial charge in [0.05, 0.1) is 11.2 Å². The number of halogens is 1. The first-order chi connectivity index (χ1) is 10.7. The molecule has 0 spiro atoms. The van der Waals surface area contributed by atoms with Crippen molar-refractivity contribution in [2.24, 2.45) is 0 Å². The first-order valence-corrected chi connectivity index (χ1v) is 7.51. The minimum Gasteiger partial charge on any atom is -0.339 e. The van der Waals surface area contributed by atoms with Crippen LogP contribution in [-0.4, -0.2) is 9.55 Å². The summed E-state index contributed by atoms with van der Waals surface area (Å²) in [6.07, 6.45) is 8.02. The van der Waals surface area contributed by atoms with E-state index in [1.807, 2.05) is 30.5 Å². The number of rotatable bonds is 4. The maximum absolute atomic E-state index is 4.58. The summed E-state index contributed by atoms with van der Waals surface area (Å²) in [5.74, 6) is 0. The predicted octanol–water partition coefficient (Wildman–Crippen LogP) is 5.43. The molecule has 0 aliphatic rings. The number of hydrogen-bond acceptors (Lipinski definition) is 1. The third kappa shape index (κ3) is 3.22. The number of pyridine rings is 1. The zero-order valence-corrected chi connectivity index (χ0v) is 14.3. The van der Waals surface area contributed by atoms with Crippen LogP contribution >= 0.6 is 12.4 Å². The van der Waals surface area contributed by atoms with Crippen LogP contribution in [0.4, 0.5) is 0 Å². The van der Waals surface area contributed by atoms with E-state index in [4.69, 9.17) is 0 Å². The molecule has 2 nitrogen and oxygen atoms in total. The van der Waals surface area contributed by atoms with E-state index < -0.39 is 0 Å². The number of nitrogens with zero attached hydrogens (tertiary/aromatic N) is 2. The van der Waals surface area contributed by atoms with Crippen molar-refractivity contribution in [1.82, 2.24) is 9.55 Å². The second kappa shape index (κ2) is 7.30. The second-order valence-electron chi connectivity index (χ2n) is 5.45. The minimum absolute atomic E-state index is 0. The molecule has 2 aromatic heterocycles. The fourth-order valence-electron chi connectivity index (χ4n) is 2.84. The van der Waals surface area contributed by atoms with Gasteiger partial charge in [0, 0.05) is 23.8 Å². The normalized spacial score (nSPS) is 10.9. The molecule has 118 valence electrons. The number of aryl methyl sites for hydroxylation is 1. The van der Waals surface area contributed by atoms with Crippen molar-refractivity contribution in [2.45, 2.75) is 20.4 Å². The second-order valence-corrected chi connectivity index (χ2v) is 5.45. The van der Waals surface area contributed by atoms with Gasteiger partial charge in [0.25, 0.3) is 0 Å². The molecule has 0 atom stereocenters. The summed E-state index contributed by atoms with van der Waals surface area (Å²) in [6.45, 7) is 9.00. The van der Waals surface area contributed by atoms with Crippen LogP contribution in [0.5, 0.6) is 0 Å². The van der Waals surface area contributed by atoms with Gasteiger partial charge in [-0.3, -0.25) is 4.98 Å². The fourth-order valence-corrected chi connectivity index (χ4v) is 2.84. The Morgan fingerprint density at radius 1 is 1.09 bits per heavy atom. The standard InChI is InChI=1S/C20H20N2.ClH/c1-4-14-22-16(3)15(2)18-12-13-21-19(20(18)22)11-10-17-8-6-5-7-9-17;/h4-13H,1,14H2,2-3H3;1H/b11-10+;. The number of fused-ring (bicyclic) bond motifs is 1. The molecule has 3 rings (SSSR count). The topological polar surface area (TPSA) is 17.8 Å². The first-order valence-electron chi connectivity index (χ1n) is 7.51. The number of benzene rings is 1. The van der Waals surface area contributed by atoms with Crippen molar-refractivity contribution in [3.8, 4) is 0 Å². The summed E-state index contributed by atoms with van der Waals surface area (Å²) in [6, 6.07) is 12.4. The molecule has 0 saturated carbocycles. The molecule has 3 aromatic rings. The smallest absolute Gasteiger partial charge is 0.0873 e. The van der Waals surface area contributed by atoms with Gasteiger partial charge in [-0.25, -0.2) is 0 Å². The van der Waals surface area contributed by atoms with Gasteiger partial charge in [0.15, 0.2) is 0 Å². The lowest BCUT2D eigenvalue weighted by atomic mass is 10.1. The summed E-state index contributed by atoms with van der Waals surface area (Å²) < 4.78 is 2.29. The van der Waals surface area contributed by atoms with Gasteiger partial charge in [0.2, 0.25) is 0 Å². The molecule has 0 aliphatic carbocycles. The third-order valence-corrected chi connectivity index (χ3v) is 4.12. The molecular formula is C20H21ClN2. The van der Waals surface area contributed by atoms with Crippen LogP contribution in [0.25, 0.3) is 23.1 Å². The Morgan fingerprint density at radius 2 is 1.83 bits per heavy atom. The molecule has 3 heteroatoms. The average Bonchev–Trinajstić information content (AvgIpc) is 2.80. The molecular weight excluding hydrogens is 304 g/mol. The molecule has 0 amide bonds. The van der Waals surface area contributed by atoms with E-state index in [0.29, 0.717) is 0 Å². The van der Waals surface area contributed by atoms with Gasteiger partial charge in [0.1, 0.15) is 0 Å². The van der Waals surface area contributed by atoms with Gasteiger partial charge in [-0.1, -0.05) is 42.5 Å². The van der Waals surface area contributed by atoms with Gasteiger partial charge >= 0.3 is 0 Å².